The van der Waals surface area contributed by atoms with E-state index in [1.807, 2.05) is 6.92 Å². The van der Waals surface area contributed by atoms with Gasteiger partial charge in [-0.1, -0.05) is 0 Å². The Morgan fingerprint density at radius 3 is 2.57 bits per heavy atom. The Hall–Kier alpha value is -1.03. The maximum Gasteiger partial charge on any atom is 0.152 e. The molecular weight excluding hydrogens is 194 g/mol. The number of hydrogen-bond acceptors (Lipinski definition) is 2. The molecule has 0 radical (unpaired) electrons. The highest BCUT2D eigenvalue weighted by molar-refractivity contribution is 8.31. The normalized spacial score (nSPS) is 13.4. The second kappa shape index (κ2) is 2.98. The smallest absolute Gasteiger partial charge is 0.152 e. The zero-order valence-electron chi connectivity index (χ0n) is 8.98. The fourth-order valence-electron chi connectivity index (χ4n) is 1.50. The van der Waals surface area contributed by atoms with Gasteiger partial charge in [0, 0.05) is 11.6 Å². The predicted molar refractivity (Wildman–Crippen MR) is 63.0 cm³/mol. The maximum atomic E-state index is 4.34. The molecule has 0 spiro atoms. The minimum absolute atomic E-state index is 0.776. The number of rotatable bonds is 1. The lowest BCUT2D eigenvalue weighted by Gasteiger charge is -2.28. The molecule has 2 aromatic heterocycles. The second-order valence-electron chi connectivity index (χ2n) is 4.11. The average molecular weight is 209 g/mol. The molecule has 2 heterocycles. The lowest BCUT2D eigenvalue weighted by Crippen LogP contribution is -2.04. The van der Waals surface area contributed by atoms with Crippen molar-refractivity contribution in [1.82, 2.24) is 13.9 Å². The molecule has 0 N–H and O–H groups in total. The lowest BCUT2D eigenvalue weighted by molar-refractivity contribution is 1.13. The van der Waals surface area contributed by atoms with E-state index >= 15 is 0 Å². The van der Waals surface area contributed by atoms with E-state index in [4.69, 9.17) is 0 Å². The Balaban J connectivity index is 2.76. The van der Waals surface area contributed by atoms with Gasteiger partial charge in [-0.3, -0.25) is 3.97 Å². The first-order chi connectivity index (χ1) is 6.50. The SMILES string of the molecule is Cc1ncnc2c1ccn2S(C)(C)C. The third-order valence-corrected chi connectivity index (χ3v) is 3.71. The van der Waals surface area contributed by atoms with E-state index in [-0.39, 0.29) is 0 Å². The molecule has 0 bridgehead atoms. The first-order valence-electron chi connectivity index (χ1n) is 4.47. The quantitative estimate of drug-likeness (QED) is 0.721. The van der Waals surface area contributed by atoms with Crippen LogP contribution in [0.2, 0.25) is 0 Å². The fourth-order valence-corrected chi connectivity index (χ4v) is 2.59. The largest absolute Gasteiger partial charge is 0.295 e. The maximum absolute atomic E-state index is 4.34. The first-order valence-corrected chi connectivity index (χ1v) is 7.29. The fraction of sp³-hybridized carbons (Fsp3) is 0.400. The monoisotopic (exact) mass is 209 g/mol. The van der Waals surface area contributed by atoms with Crippen molar-refractivity contribution in [1.29, 1.82) is 0 Å². The minimum Gasteiger partial charge on any atom is -0.295 e. The van der Waals surface area contributed by atoms with Crippen molar-refractivity contribution in [2.75, 3.05) is 18.8 Å². The van der Waals surface area contributed by atoms with Crippen molar-refractivity contribution >= 4 is 21.2 Å². The summed E-state index contributed by atoms with van der Waals surface area (Å²) in [6.45, 7) is 2.02. The molecule has 2 aromatic rings. The van der Waals surface area contributed by atoms with Crippen LogP contribution < -0.4 is 0 Å². The molecule has 0 saturated heterocycles. The highest BCUT2D eigenvalue weighted by Gasteiger charge is 2.12. The van der Waals surface area contributed by atoms with Gasteiger partial charge < -0.3 is 0 Å². The van der Waals surface area contributed by atoms with Gasteiger partial charge in [0.2, 0.25) is 0 Å². The van der Waals surface area contributed by atoms with Crippen LogP contribution in [-0.2, 0) is 0 Å². The van der Waals surface area contributed by atoms with Crippen LogP contribution >= 0.6 is 10.2 Å². The second-order valence-corrected chi connectivity index (χ2v) is 8.05. The summed E-state index contributed by atoms with van der Waals surface area (Å²) in [5.41, 5.74) is 2.11. The summed E-state index contributed by atoms with van der Waals surface area (Å²) >= 11 is 0. The minimum atomic E-state index is -0.776. The van der Waals surface area contributed by atoms with Gasteiger partial charge in [0.25, 0.3) is 0 Å². The molecule has 76 valence electrons. The highest BCUT2D eigenvalue weighted by atomic mass is 32.3. The van der Waals surface area contributed by atoms with E-state index in [0.717, 1.165) is 16.7 Å². The van der Waals surface area contributed by atoms with Gasteiger partial charge in [-0.05, 0) is 31.8 Å². The van der Waals surface area contributed by atoms with Crippen molar-refractivity contribution in [3.63, 3.8) is 0 Å². The Bertz CT molecular complexity index is 468. The molecule has 14 heavy (non-hydrogen) atoms. The molecule has 3 nitrogen and oxygen atoms in total. The summed E-state index contributed by atoms with van der Waals surface area (Å²) in [7, 11) is -0.776. The molecule has 4 heteroatoms. The van der Waals surface area contributed by atoms with Crippen molar-refractivity contribution in [2.45, 2.75) is 6.92 Å². The van der Waals surface area contributed by atoms with E-state index in [9.17, 15) is 0 Å². The van der Waals surface area contributed by atoms with Gasteiger partial charge in [0.15, 0.2) is 5.65 Å². The van der Waals surface area contributed by atoms with Crippen LogP contribution in [0.25, 0.3) is 11.0 Å². The molecule has 0 saturated carbocycles. The molecule has 0 amide bonds. The van der Waals surface area contributed by atoms with E-state index in [1.54, 1.807) is 6.33 Å². The third kappa shape index (κ3) is 1.39. The first kappa shape index (κ1) is 9.52. The molecule has 2 rings (SSSR count). The third-order valence-electron chi connectivity index (χ3n) is 2.24. The standard InChI is InChI=1S/C10H15N3S/c1-8-9-5-6-13(14(2,3)4)10(9)12-7-11-8/h5-7H,1-4H3. The molecule has 0 fully saturated rings. The van der Waals surface area contributed by atoms with Crippen LogP contribution in [0.15, 0.2) is 18.6 Å². The number of aromatic nitrogens is 3. The van der Waals surface area contributed by atoms with Crippen molar-refractivity contribution in [3.8, 4) is 0 Å². The molecule has 0 aliphatic carbocycles. The van der Waals surface area contributed by atoms with Crippen LogP contribution in [0.1, 0.15) is 5.69 Å². The Morgan fingerprint density at radius 2 is 1.93 bits per heavy atom. The summed E-state index contributed by atoms with van der Waals surface area (Å²) in [6, 6.07) is 2.10. The van der Waals surface area contributed by atoms with E-state index < -0.39 is 10.2 Å². The Kier molecular flexibility index (Phi) is 2.03. The lowest BCUT2D eigenvalue weighted by atomic mass is 10.3. The van der Waals surface area contributed by atoms with E-state index in [0.29, 0.717) is 0 Å². The van der Waals surface area contributed by atoms with Crippen LogP contribution in [0, 0.1) is 6.92 Å². The zero-order chi connectivity index (χ0) is 10.3. The molecule has 0 aliphatic heterocycles. The zero-order valence-corrected chi connectivity index (χ0v) is 9.80. The predicted octanol–water partition coefficient (Wildman–Crippen LogP) is 2.20. The van der Waals surface area contributed by atoms with E-state index in [1.165, 1.54) is 0 Å². The van der Waals surface area contributed by atoms with E-state index in [2.05, 4.69) is 45.0 Å². The Labute approximate surface area is 85.6 Å². The van der Waals surface area contributed by atoms with Gasteiger partial charge in [-0.25, -0.2) is 9.97 Å². The number of fused-ring (bicyclic) bond motifs is 1. The summed E-state index contributed by atoms with van der Waals surface area (Å²) in [6.07, 6.45) is 10.5. The highest BCUT2D eigenvalue weighted by Crippen LogP contribution is 2.39. The molecule has 0 unspecified atom stereocenters. The van der Waals surface area contributed by atoms with Crippen LogP contribution in [0.3, 0.4) is 0 Å². The molecule has 0 aliphatic rings. The molecule has 0 aromatic carbocycles. The van der Waals surface area contributed by atoms with Crippen molar-refractivity contribution < 1.29 is 0 Å². The Morgan fingerprint density at radius 1 is 1.21 bits per heavy atom. The van der Waals surface area contributed by atoms with Crippen molar-refractivity contribution in [2.24, 2.45) is 0 Å². The average Bonchev–Trinajstić information content (AvgIpc) is 2.47. The van der Waals surface area contributed by atoms with Gasteiger partial charge in [-0.2, -0.15) is 10.2 Å². The summed E-state index contributed by atoms with van der Waals surface area (Å²) < 4.78 is 2.26. The summed E-state index contributed by atoms with van der Waals surface area (Å²) in [4.78, 5) is 8.53. The van der Waals surface area contributed by atoms with Gasteiger partial charge >= 0.3 is 0 Å². The number of hydrogen-bond donors (Lipinski definition) is 0. The summed E-state index contributed by atoms with van der Waals surface area (Å²) in [5, 5.41) is 1.16. The number of nitrogens with zero attached hydrogens (tertiary/aromatic N) is 3. The van der Waals surface area contributed by atoms with Crippen LogP contribution in [0.4, 0.5) is 0 Å². The van der Waals surface area contributed by atoms with Gasteiger partial charge in [-0.15, -0.1) is 0 Å². The van der Waals surface area contributed by atoms with Gasteiger partial charge in [0.05, 0.1) is 5.69 Å². The van der Waals surface area contributed by atoms with Crippen molar-refractivity contribution in [3.05, 3.63) is 24.3 Å². The molecular formula is C10H15N3S. The van der Waals surface area contributed by atoms with Crippen LogP contribution in [0.5, 0.6) is 0 Å². The topological polar surface area (TPSA) is 30.7 Å². The van der Waals surface area contributed by atoms with Crippen LogP contribution in [-0.4, -0.2) is 32.7 Å². The number of aryl methyl sites for hydroxylation is 1. The van der Waals surface area contributed by atoms with Gasteiger partial charge in [0.1, 0.15) is 6.33 Å². The summed E-state index contributed by atoms with van der Waals surface area (Å²) in [5.74, 6) is 0. The molecule has 0 atom stereocenters.